The Kier molecular flexibility index (Phi) is 5.75. The molecule has 0 aliphatic carbocycles. The first-order valence-corrected chi connectivity index (χ1v) is 6.41. The molecule has 0 aromatic heterocycles. The molecule has 0 amide bonds. The number of hydrogen-bond donors (Lipinski definition) is 1. The second kappa shape index (κ2) is 7.10. The van der Waals surface area contributed by atoms with Crippen molar-refractivity contribution in [1.82, 2.24) is 0 Å². The van der Waals surface area contributed by atoms with Crippen LogP contribution in [0.15, 0.2) is 24.3 Å². The van der Waals surface area contributed by atoms with Gasteiger partial charge in [0.1, 0.15) is 0 Å². The molecular weight excluding hydrogens is 212 g/mol. The van der Waals surface area contributed by atoms with Gasteiger partial charge in [0.2, 0.25) is 0 Å². The van der Waals surface area contributed by atoms with Crippen molar-refractivity contribution < 1.29 is 9.90 Å². The van der Waals surface area contributed by atoms with Crippen LogP contribution in [0, 0.1) is 5.92 Å². The van der Waals surface area contributed by atoms with Crippen LogP contribution in [0.2, 0.25) is 0 Å². The lowest BCUT2D eigenvalue weighted by molar-refractivity contribution is -0.138. The highest BCUT2D eigenvalue weighted by molar-refractivity contribution is 5.66. The van der Waals surface area contributed by atoms with Crippen molar-refractivity contribution in [2.75, 3.05) is 0 Å². The van der Waals surface area contributed by atoms with Crippen molar-refractivity contribution in [3.8, 4) is 0 Å². The van der Waals surface area contributed by atoms with Gasteiger partial charge in [-0.25, -0.2) is 0 Å². The normalized spacial score (nSPS) is 12.4. The van der Waals surface area contributed by atoms with Gasteiger partial charge in [-0.1, -0.05) is 44.5 Å². The van der Waals surface area contributed by atoms with E-state index in [1.165, 1.54) is 17.5 Å². The molecular formula is C15H22O2. The van der Waals surface area contributed by atoms with Crippen molar-refractivity contribution in [3.05, 3.63) is 35.4 Å². The van der Waals surface area contributed by atoms with Gasteiger partial charge in [0.05, 0.1) is 0 Å². The SMILES string of the molecule is CCCc1ccc(CCC(C)CC(=O)O)cc1. The second-order valence-electron chi connectivity index (χ2n) is 4.81. The molecule has 1 N–H and O–H groups in total. The Hall–Kier alpha value is -1.31. The summed E-state index contributed by atoms with van der Waals surface area (Å²) in [7, 11) is 0. The smallest absolute Gasteiger partial charge is 0.303 e. The van der Waals surface area contributed by atoms with E-state index in [2.05, 4.69) is 31.2 Å². The Morgan fingerprint density at radius 2 is 1.71 bits per heavy atom. The van der Waals surface area contributed by atoms with E-state index in [4.69, 9.17) is 5.11 Å². The molecule has 1 unspecified atom stereocenters. The highest BCUT2D eigenvalue weighted by Gasteiger charge is 2.07. The molecule has 94 valence electrons. The summed E-state index contributed by atoms with van der Waals surface area (Å²) in [6, 6.07) is 8.69. The Morgan fingerprint density at radius 3 is 2.18 bits per heavy atom. The second-order valence-corrected chi connectivity index (χ2v) is 4.81. The van der Waals surface area contributed by atoms with Crippen LogP contribution in [0.1, 0.15) is 44.2 Å². The summed E-state index contributed by atoms with van der Waals surface area (Å²) in [5.74, 6) is -0.446. The average Bonchev–Trinajstić information content (AvgIpc) is 2.28. The Bertz CT molecular complexity index is 340. The molecule has 1 rings (SSSR count). The Balaban J connectivity index is 2.38. The van der Waals surface area contributed by atoms with Crippen molar-refractivity contribution >= 4 is 5.97 Å². The molecule has 1 aromatic rings. The maximum absolute atomic E-state index is 10.5. The molecule has 0 fully saturated rings. The number of carboxylic acid groups (broad SMARTS) is 1. The van der Waals surface area contributed by atoms with Crippen LogP contribution in [0.5, 0.6) is 0 Å². The van der Waals surface area contributed by atoms with E-state index in [0.29, 0.717) is 0 Å². The molecule has 0 saturated heterocycles. The minimum atomic E-state index is -0.698. The Labute approximate surface area is 104 Å². The van der Waals surface area contributed by atoms with Crippen molar-refractivity contribution in [2.45, 2.75) is 46.0 Å². The molecule has 17 heavy (non-hydrogen) atoms. The summed E-state index contributed by atoms with van der Waals surface area (Å²) in [6.07, 6.45) is 4.50. The number of aryl methyl sites for hydroxylation is 2. The van der Waals surface area contributed by atoms with Gasteiger partial charge in [-0.15, -0.1) is 0 Å². The van der Waals surface area contributed by atoms with Gasteiger partial charge in [-0.2, -0.15) is 0 Å². The average molecular weight is 234 g/mol. The molecule has 0 spiro atoms. The van der Waals surface area contributed by atoms with Gasteiger partial charge in [0.25, 0.3) is 0 Å². The maximum atomic E-state index is 10.5. The first-order valence-electron chi connectivity index (χ1n) is 6.41. The Morgan fingerprint density at radius 1 is 1.18 bits per heavy atom. The lowest BCUT2D eigenvalue weighted by atomic mass is 9.97. The van der Waals surface area contributed by atoms with Crippen LogP contribution in [0.3, 0.4) is 0 Å². The molecule has 0 heterocycles. The fourth-order valence-corrected chi connectivity index (χ4v) is 1.97. The van der Waals surface area contributed by atoms with Crippen LogP contribution in [-0.4, -0.2) is 11.1 Å². The van der Waals surface area contributed by atoms with Gasteiger partial charge in [-0.3, -0.25) is 4.79 Å². The van der Waals surface area contributed by atoms with Crippen LogP contribution in [0.25, 0.3) is 0 Å². The zero-order valence-corrected chi connectivity index (χ0v) is 10.8. The van der Waals surface area contributed by atoms with Gasteiger partial charge in [0.15, 0.2) is 0 Å². The standard InChI is InChI=1S/C15H22O2/c1-3-4-13-7-9-14(10-8-13)6-5-12(2)11-15(16)17/h7-10,12H,3-6,11H2,1-2H3,(H,16,17). The maximum Gasteiger partial charge on any atom is 0.303 e. The highest BCUT2D eigenvalue weighted by atomic mass is 16.4. The predicted octanol–water partition coefficient (Wildman–Crippen LogP) is 3.68. The largest absolute Gasteiger partial charge is 0.481 e. The topological polar surface area (TPSA) is 37.3 Å². The van der Waals surface area contributed by atoms with Crippen molar-refractivity contribution in [2.24, 2.45) is 5.92 Å². The third-order valence-electron chi connectivity index (χ3n) is 3.01. The summed E-state index contributed by atoms with van der Waals surface area (Å²) >= 11 is 0. The van der Waals surface area contributed by atoms with Gasteiger partial charge < -0.3 is 5.11 Å². The molecule has 2 heteroatoms. The monoisotopic (exact) mass is 234 g/mol. The predicted molar refractivity (Wildman–Crippen MR) is 70.2 cm³/mol. The molecule has 0 aliphatic heterocycles. The van der Waals surface area contributed by atoms with Crippen molar-refractivity contribution in [1.29, 1.82) is 0 Å². The number of hydrogen-bond acceptors (Lipinski definition) is 1. The van der Waals surface area contributed by atoms with Crippen LogP contribution in [-0.2, 0) is 17.6 Å². The number of carboxylic acids is 1. The number of rotatable bonds is 7. The highest BCUT2D eigenvalue weighted by Crippen LogP contribution is 2.14. The minimum Gasteiger partial charge on any atom is -0.481 e. The van der Waals surface area contributed by atoms with E-state index in [1.807, 2.05) is 6.92 Å². The third-order valence-corrected chi connectivity index (χ3v) is 3.01. The van der Waals surface area contributed by atoms with E-state index in [9.17, 15) is 4.79 Å². The molecule has 1 atom stereocenters. The van der Waals surface area contributed by atoms with E-state index in [-0.39, 0.29) is 12.3 Å². The minimum absolute atomic E-state index is 0.253. The van der Waals surface area contributed by atoms with Gasteiger partial charge in [-0.05, 0) is 36.3 Å². The lowest BCUT2D eigenvalue weighted by Gasteiger charge is -2.08. The summed E-state index contributed by atoms with van der Waals surface area (Å²) in [5, 5.41) is 8.68. The quantitative estimate of drug-likeness (QED) is 0.781. The zero-order chi connectivity index (χ0) is 12.7. The molecule has 0 bridgehead atoms. The third kappa shape index (κ3) is 5.53. The van der Waals surface area contributed by atoms with Gasteiger partial charge >= 0.3 is 5.97 Å². The summed E-state index contributed by atoms with van der Waals surface area (Å²) < 4.78 is 0. The van der Waals surface area contributed by atoms with E-state index in [0.717, 1.165) is 19.3 Å². The van der Waals surface area contributed by atoms with Crippen LogP contribution >= 0.6 is 0 Å². The molecule has 0 aliphatic rings. The fraction of sp³-hybridized carbons (Fsp3) is 0.533. The lowest BCUT2D eigenvalue weighted by Crippen LogP contribution is -2.05. The first-order chi connectivity index (χ1) is 8.11. The number of carbonyl (C=O) groups is 1. The molecule has 0 saturated carbocycles. The number of benzene rings is 1. The van der Waals surface area contributed by atoms with Gasteiger partial charge in [0, 0.05) is 6.42 Å². The van der Waals surface area contributed by atoms with Crippen molar-refractivity contribution in [3.63, 3.8) is 0 Å². The van der Waals surface area contributed by atoms with E-state index in [1.54, 1.807) is 0 Å². The molecule has 1 aromatic carbocycles. The fourth-order valence-electron chi connectivity index (χ4n) is 1.97. The summed E-state index contributed by atoms with van der Waals surface area (Å²) in [5.41, 5.74) is 2.69. The van der Waals surface area contributed by atoms with Crippen LogP contribution < -0.4 is 0 Å². The van der Waals surface area contributed by atoms with E-state index >= 15 is 0 Å². The first kappa shape index (κ1) is 13.8. The summed E-state index contributed by atoms with van der Waals surface area (Å²) in [6.45, 7) is 4.18. The molecule has 2 nitrogen and oxygen atoms in total. The zero-order valence-electron chi connectivity index (χ0n) is 10.8. The van der Waals surface area contributed by atoms with E-state index < -0.39 is 5.97 Å². The number of aliphatic carboxylic acids is 1. The molecule has 0 radical (unpaired) electrons. The van der Waals surface area contributed by atoms with Crippen LogP contribution in [0.4, 0.5) is 0 Å². The summed E-state index contributed by atoms with van der Waals surface area (Å²) in [4.78, 5) is 10.5.